The third kappa shape index (κ3) is 6.32. The third-order valence-electron chi connectivity index (χ3n) is 7.62. The molecular formula is C27H39NO6. The van der Waals surface area contributed by atoms with Gasteiger partial charge in [-0.15, -0.1) is 0 Å². The maximum absolute atomic E-state index is 13.2. The fourth-order valence-electron chi connectivity index (χ4n) is 4.85. The molecule has 0 amide bonds. The van der Waals surface area contributed by atoms with Crippen molar-refractivity contribution in [3.05, 3.63) is 36.2 Å². The minimum Gasteiger partial charge on any atom is -0.458 e. The summed E-state index contributed by atoms with van der Waals surface area (Å²) in [4.78, 5) is 30.0. The highest BCUT2D eigenvalue weighted by Crippen LogP contribution is 2.44. The number of carbonyl (C=O) groups is 2. The number of Topliss-reactive ketones (excluding diaryl/α,β-unsaturated/α-hetero) is 1. The Morgan fingerprint density at radius 1 is 1.18 bits per heavy atom. The van der Waals surface area contributed by atoms with Gasteiger partial charge in [0.1, 0.15) is 11.9 Å². The largest absolute Gasteiger partial charge is 0.458 e. The van der Waals surface area contributed by atoms with Gasteiger partial charge in [-0.3, -0.25) is 14.6 Å². The van der Waals surface area contributed by atoms with Crippen molar-refractivity contribution in [2.24, 2.45) is 17.3 Å². The summed E-state index contributed by atoms with van der Waals surface area (Å²) < 4.78 is 11.7. The molecule has 2 saturated heterocycles. The molecule has 2 N–H and O–H groups in total. The molecule has 2 aliphatic rings. The fraction of sp³-hybridized carbons (Fsp3) is 0.667. The second-order valence-electron chi connectivity index (χ2n) is 10.8. The van der Waals surface area contributed by atoms with Gasteiger partial charge in [-0.25, -0.2) is 0 Å². The van der Waals surface area contributed by atoms with Gasteiger partial charge in [0.05, 0.1) is 35.7 Å². The van der Waals surface area contributed by atoms with E-state index in [0.717, 1.165) is 24.8 Å². The first-order valence-corrected chi connectivity index (χ1v) is 12.3. The van der Waals surface area contributed by atoms with Crippen molar-refractivity contribution in [3.8, 4) is 0 Å². The molecule has 7 nitrogen and oxygen atoms in total. The maximum Gasteiger partial charge on any atom is 0.309 e. The molecular weight excluding hydrogens is 434 g/mol. The number of epoxide rings is 1. The van der Waals surface area contributed by atoms with Gasteiger partial charge in [0.15, 0.2) is 0 Å². The van der Waals surface area contributed by atoms with E-state index in [1.807, 2.05) is 31.2 Å². The second-order valence-corrected chi connectivity index (χ2v) is 10.8. The number of aliphatic hydroxyl groups excluding tert-OH is 2. The third-order valence-corrected chi connectivity index (χ3v) is 7.62. The zero-order valence-corrected chi connectivity index (χ0v) is 20.9. The number of carbonyl (C=O) groups excluding carboxylic acids is 2. The average molecular weight is 474 g/mol. The van der Waals surface area contributed by atoms with E-state index in [4.69, 9.17) is 9.47 Å². The van der Waals surface area contributed by atoms with Crippen molar-refractivity contribution < 1.29 is 29.3 Å². The SMILES string of the molecule is C[C@H]1CCC[C@]2(C)O[C@H]2C[C@@H](C=Cc2cccnc2)OC(=O)C[C@H](O)C(C)(C)C(=O)[C@H](C)[C@H]1O. The number of nitrogens with zero attached hydrogens (tertiary/aromatic N) is 1. The number of esters is 1. The minimum absolute atomic E-state index is 0.0427. The van der Waals surface area contributed by atoms with Gasteiger partial charge in [0.25, 0.3) is 0 Å². The first-order valence-electron chi connectivity index (χ1n) is 12.3. The van der Waals surface area contributed by atoms with Crippen molar-refractivity contribution in [2.45, 2.75) is 96.7 Å². The van der Waals surface area contributed by atoms with E-state index >= 15 is 0 Å². The molecule has 0 radical (unpaired) electrons. The summed E-state index contributed by atoms with van der Waals surface area (Å²) in [6.07, 6.45) is 7.13. The molecule has 188 valence electrons. The molecule has 34 heavy (non-hydrogen) atoms. The number of hydrogen-bond donors (Lipinski definition) is 2. The van der Waals surface area contributed by atoms with Crippen LogP contribution in [0.2, 0.25) is 0 Å². The summed E-state index contributed by atoms with van der Waals surface area (Å²) >= 11 is 0. The number of ketones is 1. The van der Waals surface area contributed by atoms with Crippen LogP contribution >= 0.6 is 0 Å². The average Bonchev–Trinajstić information content (AvgIpc) is 3.44. The van der Waals surface area contributed by atoms with E-state index in [2.05, 4.69) is 11.9 Å². The van der Waals surface area contributed by atoms with Crippen LogP contribution in [0.5, 0.6) is 0 Å². The number of rotatable bonds is 2. The molecule has 0 aromatic carbocycles. The number of ether oxygens (including phenoxy) is 2. The van der Waals surface area contributed by atoms with Crippen LogP contribution in [0.25, 0.3) is 6.08 Å². The van der Waals surface area contributed by atoms with Gasteiger partial charge >= 0.3 is 5.97 Å². The molecule has 0 aliphatic carbocycles. The Hall–Kier alpha value is -2.09. The standard InChI is InChI=1S/C27H39NO6/c1-17-8-6-12-27(5)22(34-27)14-20(11-10-19-9-7-13-28-16-19)33-23(30)15-21(29)26(3,4)25(32)18(2)24(17)31/h7,9-11,13,16-18,20-22,24,29,31H,6,8,12,14-15H2,1-5H3/t17-,18+,20+,21-,22-,24-,27-/m0/s1. The van der Waals surface area contributed by atoms with Gasteiger partial charge in [-0.1, -0.05) is 46.3 Å². The summed E-state index contributed by atoms with van der Waals surface area (Å²) in [5.74, 6) is -1.56. The fourth-order valence-corrected chi connectivity index (χ4v) is 4.85. The summed E-state index contributed by atoms with van der Waals surface area (Å²) in [7, 11) is 0. The van der Waals surface area contributed by atoms with E-state index in [0.29, 0.717) is 6.42 Å². The molecule has 2 aliphatic heterocycles. The molecule has 1 aromatic heterocycles. The Labute approximate surface area is 202 Å². The lowest BCUT2D eigenvalue weighted by Crippen LogP contribution is -2.45. The predicted octanol–water partition coefficient (Wildman–Crippen LogP) is 3.72. The van der Waals surface area contributed by atoms with Gasteiger partial charge < -0.3 is 19.7 Å². The molecule has 1 aromatic rings. The lowest BCUT2D eigenvalue weighted by molar-refractivity contribution is -0.154. The minimum atomic E-state index is -1.23. The smallest absolute Gasteiger partial charge is 0.309 e. The Balaban J connectivity index is 1.81. The number of aromatic nitrogens is 1. The summed E-state index contributed by atoms with van der Waals surface area (Å²) in [5, 5.41) is 21.6. The zero-order chi connectivity index (χ0) is 25.1. The molecule has 7 atom stereocenters. The molecule has 7 heteroatoms. The van der Waals surface area contributed by atoms with Crippen LogP contribution in [-0.4, -0.2) is 57.0 Å². The van der Waals surface area contributed by atoms with Crippen molar-refractivity contribution >= 4 is 17.8 Å². The van der Waals surface area contributed by atoms with Crippen LogP contribution in [0, 0.1) is 17.3 Å². The Morgan fingerprint density at radius 2 is 1.91 bits per heavy atom. The topological polar surface area (TPSA) is 109 Å². The quantitative estimate of drug-likeness (QED) is 0.498. The Kier molecular flexibility index (Phi) is 8.32. The molecule has 0 bridgehead atoms. The van der Waals surface area contributed by atoms with E-state index in [1.54, 1.807) is 33.2 Å². The van der Waals surface area contributed by atoms with Crippen molar-refractivity contribution in [2.75, 3.05) is 0 Å². The van der Waals surface area contributed by atoms with Gasteiger partial charge in [0.2, 0.25) is 0 Å². The highest BCUT2D eigenvalue weighted by Gasteiger charge is 2.52. The number of fused-ring (bicyclic) bond motifs is 1. The summed E-state index contributed by atoms with van der Waals surface area (Å²) in [6.45, 7) is 8.94. The van der Waals surface area contributed by atoms with Crippen LogP contribution in [-0.2, 0) is 19.1 Å². The van der Waals surface area contributed by atoms with Crippen LogP contribution in [0.4, 0.5) is 0 Å². The van der Waals surface area contributed by atoms with Crippen molar-refractivity contribution in [1.82, 2.24) is 4.98 Å². The van der Waals surface area contributed by atoms with Crippen LogP contribution in [0.3, 0.4) is 0 Å². The lowest BCUT2D eigenvalue weighted by Gasteiger charge is -2.34. The van der Waals surface area contributed by atoms with Gasteiger partial charge in [-0.2, -0.15) is 0 Å². The van der Waals surface area contributed by atoms with E-state index in [9.17, 15) is 19.8 Å². The summed E-state index contributed by atoms with van der Waals surface area (Å²) in [6, 6.07) is 3.74. The normalized spacial score (nSPS) is 37.7. The Bertz CT molecular complexity index is 884. The number of aliphatic hydroxyl groups is 2. The molecule has 3 rings (SSSR count). The van der Waals surface area contributed by atoms with Crippen molar-refractivity contribution in [1.29, 1.82) is 0 Å². The van der Waals surface area contributed by atoms with Crippen LogP contribution < -0.4 is 0 Å². The molecule has 0 unspecified atom stereocenters. The predicted molar refractivity (Wildman–Crippen MR) is 129 cm³/mol. The van der Waals surface area contributed by atoms with Crippen molar-refractivity contribution in [3.63, 3.8) is 0 Å². The molecule has 0 saturated carbocycles. The van der Waals surface area contributed by atoms with Gasteiger partial charge in [-0.05, 0) is 43.4 Å². The Morgan fingerprint density at radius 3 is 2.59 bits per heavy atom. The monoisotopic (exact) mass is 473 g/mol. The summed E-state index contributed by atoms with van der Waals surface area (Å²) in [5.41, 5.74) is -0.606. The number of cyclic esters (lactones) is 1. The molecule has 3 heterocycles. The molecule has 0 spiro atoms. The lowest BCUT2D eigenvalue weighted by atomic mass is 9.73. The maximum atomic E-state index is 13.2. The van der Waals surface area contributed by atoms with Crippen LogP contribution in [0.1, 0.15) is 72.3 Å². The zero-order valence-electron chi connectivity index (χ0n) is 20.9. The second kappa shape index (κ2) is 10.7. The van der Waals surface area contributed by atoms with Gasteiger partial charge in [0, 0.05) is 24.7 Å². The highest BCUT2D eigenvalue weighted by molar-refractivity contribution is 5.88. The first kappa shape index (κ1) is 26.5. The molecule has 2 fully saturated rings. The number of pyridine rings is 1. The van der Waals surface area contributed by atoms with Crippen LogP contribution in [0.15, 0.2) is 30.6 Å². The van der Waals surface area contributed by atoms with E-state index in [-0.39, 0.29) is 29.8 Å². The van der Waals surface area contributed by atoms with E-state index < -0.39 is 35.6 Å². The highest BCUT2D eigenvalue weighted by atomic mass is 16.6. The number of hydrogen-bond acceptors (Lipinski definition) is 7. The van der Waals surface area contributed by atoms with E-state index in [1.165, 1.54) is 0 Å². The first-order chi connectivity index (χ1) is 15.9.